The van der Waals surface area contributed by atoms with E-state index >= 15 is 0 Å². The summed E-state index contributed by atoms with van der Waals surface area (Å²) in [6, 6.07) is 0. The molecular weight excluding hydrogens is 204 g/mol. The number of ether oxygens (including phenoxy) is 1. The van der Waals surface area contributed by atoms with Crippen molar-refractivity contribution in [2.24, 2.45) is 5.14 Å². The van der Waals surface area contributed by atoms with E-state index in [-0.39, 0.29) is 12.2 Å². The fraction of sp³-hybridized carbons (Fsp3) is 1.00. The Balaban J connectivity index is 2.52. The lowest BCUT2D eigenvalue weighted by Crippen LogP contribution is -2.49. The van der Waals surface area contributed by atoms with Crippen molar-refractivity contribution in [3.63, 3.8) is 0 Å². The van der Waals surface area contributed by atoms with E-state index in [1.54, 1.807) is 0 Å². The molecule has 1 fully saturated rings. The van der Waals surface area contributed by atoms with Crippen LogP contribution in [0.15, 0.2) is 0 Å². The van der Waals surface area contributed by atoms with E-state index < -0.39 is 15.3 Å². The van der Waals surface area contributed by atoms with Crippen molar-refractivity contribution in [1.29, 1.82) is 0 Å². The molecule has 0 saturated carbocycles. The first-order valence-corrected chi connectivity index (χ1v) is 6.38. The predicted molar refractivity (Wildman–Crippen MR) is 54.4 cm³/mol. The SMILES string of the molecule is CC(C)O[C@H]1CNC[C@@H](S(N)(=O)=O)C1. The summed E-state index contributed by atoms with van der Waals surface area (Å²) in [4.78, 5) is 0. The van der Waals surface area contributed by atoms with E-state index in [0.717, 1.165) is 0 Å². The normalized spacial score (nSPS) is 29.4. The summed E-state index contributed by atoms with van der Waals surface area (Å²) in [6.45, 7) is 4.99. The maximum atomic E-state index is 11.1. The zero-order valence-corrected chi connectivity index (χ0v) is 9.38. The van der Waals surface area contributed by atoms with Crippen LogP contribution < -0.4 is 10.5 Å². The van der Waals surface area contributed by atoms with Gasteiger partial charge in [-0.2, -0.15) is 0 Å². The van der Waals surface area contributed by atoms with E-state index in [0.29, 0.717) is 19.5 Å². The topological polar surface area (TPSA) is 81.4 Å². The molecule has 0 aromatic heterocycles. The molecule has 6 heteroatoms. The average molecular weight is 222 g/mol. The van der Waals surface area contributed by atoms with Crippen molar-refractivity contribution in [3.05, 3.63) is 0 Å². The van der Waals surface area contributed by atoms with Crippen LogP contribution in [0.3, 0.4) is 0 Å². The molecule has 5 nitrogen and oxygen atoms in total. The molecule has 1 heterocycles. The largest absolute Gasteiger partial charge is 0.374 e. The van der Waals surface area contributed by atoms with Gasteiger partial charge in [0, 0.05) is 13.1 Å². The number of hydrogen-bond donors (Lipinski definition) is 2. The van der Waals surface area contributed by atoms with E-state index in [1.165, 1.54) is 0 Å². The van der Waals surface area contributed by atoms with Gasteiger partial charge < -0.3 is 10.1 Å². The lowest BCUT2D eigenvalue weighted by Gasteiger charge is -2.29. The highest BCUT2D eigenvalue weighted by molar-refractivity contribution is 7.89. The molecule has 0 aromatic rings. The van der Waals surface area contributed by atoms with Crippen LogP contribution >= 0.6 is 0 Å². The Morgan fingerprint density at radius 2 is 2.07 bits per heavy atom. The minimum Gasteiger partial charge on any atom is -0.374 e. The second-order valence-electron chi connectivity index (χ2n) is 3.91. The van der Waals surface area contributed by atoms with Crippen LogP contribution in [-0.4, -0.2) is 39.0 Å². The predicted octanol–water partition coefficient (Wildman–Crippen LogP) is -0.570. The Morgan fingerprint density at radius 1 is 1.43 bits per heavy atom. The first kappa shape index (κ1) is 11.9. The number of primary sulfonamides is 1. The molecule has 0 aliphatic carbocycles. The molecule has 0 unspecified atom stereocenters. The Bertz CT molecular complexity index is 276. The number of sulfonamides is 1. The standard InChI is InChI=1S/C8H18N2O3S/c1-6(2)13-7-3-8(5-10-4-7)14(9,11)12/h6-8,10H,3-5H2,1-2H3,(H2,9,11,12)/t7-,8+/m1/s1. The second-order valence-corrected chi connectivity index (χ2v) is 5.76. The van der Waals surface area contributed by atoms with Gasteiger partial charge in [-0.15, -0.1) is 0 Å². The molecule has 2 atom stereocenters. The maximum absolute atomic E-state index is 11.1. The molecule has 1 aliphatic rings. The van der Waals surface area contributed by atoms with Crippen molar-refractivity contribution >= 4 is 10.0 Å². The van der Waals surface area contributed by atoms with Crippen LogP contribution in [0.1, 0.15) is 20.3 Å². The van der Waals surface area contributed by atoms with Crippen LogP contribution in [-0.2, 0) is 14.8 Å². The lowest BCUT2D eigenvalue weighted by molar-refractivity contribution is -0.00354. The third kappa shape index (κ3) is 3.53. The summed E-state index contributed by atoms with van der Waals surface area (Å²) in [5.41, 5.74) is 0. The molecule has 84 valence electrons. The molecule has 0 aromatic carbocycles. The summed E-state index contributed by atoms with van der Waals surface area (Å²) in [6.07, 6.45) is 0.553. The third-order valence-electron chi connectivity index (χ3n) is 2.20. The molecule has 0 radical (unpaired) electrons. The van der Waals surface area contributed by atoms with E-state index in [9.17, 15) is 8.42 Å². The van der Waals surface area contributed by atoms with Crippen LogP contribution in [0.25, 0.3) is 0 Å². The van der Waals surface area contributed by atoms with E-state index in [1.807, 2.05) is 13.8 Å². The number of piperidine rings is 1. The van der Waals surface area contributed by atoms with Gasteiger partial charge in [0.25, 0.3) is 0 Å². The number of nitrogens with two attached hydrogens (primary N) is 1. The molecule has 0 amide bonds. The highest BCUT2D eigenvalue weighted by Gasteiger charge is 2.29. The first-order chi connectivity index (χ1) is 6.39. The second kappa shape index (κ2) is 4.57. The van der Waals surface area contributed by atoms with Crippen LogP contribution in [0.5, 0.6) is 0 Å². The molecule has 1 rings (SSSR count). The van der Waals surface area contributed by atoms with Gasteiger partial charge in [0.2, 0.25) is 10.0 Å². The number of rotatable bonds is 3. The molecular formula is C8H18N2O3S. The summed E-state index contributed by atoms with van der Waals surface area (Å²) in [5.74, 6) is 0. The summed E-state index contributed by atoms with van der Waals surface area (Å²) in [7, 11) is -3.44. The van der Waals surface area contributed by atoms with Gasteiger partial charge in [-0.25, -0.2) is 13.6 Å². The monoisotopic (exact) mass is 222 g/mol. The van der Waals surface area contributed by atoms with Crippen LogP contribution in [0, 0.1) is 0 Å². The zero-order valence-electron chi connectivity index (χ0n) is 8.56. The molecule has 0 spiro atoms. The molecule has 1 aliphatic heterocycles. The van der Waals surface area contributed by atoms with Gasteiger partial charge in [0.1, 0.15) is 0 Å². The molecule has 0 bridgehead atoms. The van der Waals surface area contributed by atoms with Crippen molar-refractivity contribution < 1.29 is 13.2 Å². The molecule has 1 saturated heterocycles. The van der Waals surface area contributed by atoms with E-state index in [4.69, 9.17) is 9.88 Å². The number of nitrogens with one attached hydrogen (secondary N) is 1. The van der Waals surface area contributed by atoms with Crippen molar-refractivity contribution in [2.75, 3.05) is 13.1 Å². The van der Waals surface area contributed by atoms with Gasteiger partial charge in [-0.3, -0.25) is 0 Å². The van der Waals surface area contributed by atoms with Gasteiger partial charge in [0.15, 0.2) is 0 Å². The van der Waals surface area contributed by atoms with Crippen molar-refractivity contribution in [3.8, 4) is 0 Å². The minimum atomic E-state index is -3.44. The summed E-state index contributed by atoms with van der Waals surface area (Å²) < 4.78 is 27.7. The highest BCUT2D eigenvalue weighted by Crippen LogP contribution is 2.13. The van der Waals surface area contributed by atoms with Gasteiger partial charge >= 0.3 is 0 Å². The third-order valence-corrected chi connectivity index (χ3v) is 3.49. The Labute approximate surface area is 85.1 Å². The number of hydrogen-bond acceptors (Lipinski definition) is 4. The molecule has 14 heavy (non-hydrogen) atoms. The quantitative estimate of drug-likeness (QED) is 0.670. The fourth-order valence-electron chi connectivity index (χ4n) is 1.60. The van der Waals surface area contributed by atoms with Gasteiger partial charge in [-0.1, -0.05) is 0 Å². The van der Waals surface area contributed by atoms with Crippen molar-refractivity contribution in [2.45, 2.75) is 37.7 Å². The summed E-state index contributed by atoms with van der Waals surface area (Å²) in [5, 5.41) is 7.58. The van der Waals surface area contributed by atoms with Crippen molar-refractivity contribution in [1.82, 2.24) is 5.32 Å². The summed E-state index contributed by atoms with van der Waals surface area (Å²) >= 11 is 0. The van der Waals surface area contributed by atoms with E-state index in [2.05, 4.69) is 5.32 Å². The lowest BCUT2D eigenvalue weighted by atomic mass is 10.1. The maximum Gasteiger partial charge on any atom is 0.213 e. The Morgan fingerprint density at radius 3 is 2.57 bits per heavy atom. The fourth-order valence-corrected chi connectivity index (χ4v) is 2.44. The Hall–Kier alpha value is -0.170. The Kier molecular flexibility index (Phi) is 3.88. The smallest absolute Gasteiger partial charge is 0.213 e. The average Bonchev–Trinajstić information content (AvgIpc) is 2.01. The van der Waals surface area contributed by atoms with Gasteiger partial charge in [-0.05, 0) is 20.3 Å². The zero-order chi connectivity index (χ0) is 10.8. The highest BCUT2D eigenvalue weighted by atomic mass is 32.2. The minimum absolute atomic E-state index is 0.0490. The van der Waals surface area contributed by atoms with Gasteiger partial charge in [0.05, 0.1) is 17.5 Å². The van der Waals surface area contributed by atoms with Crippen LogP contribution in [0.2, 0.25) is 0 Å². The van der Waals surface area contributed by atoms with Crippen LogP contribution in [0.4, 0.5) is 0 Å². The first-order valence-electron chi connectivity index (χ1n) is 4.77. The molecule has 3 N–H and O–H groups in total.